The molecule has 1 aromatic carbocycles. The lowest BCUT2D eigenvalue weighted by atomic mass is 10.2. The lowest BCUT2D eigenvalue weighted by Gasteiger charge is -2.25. The highest BCUT2D eigenvalue weighted by Crippen LogP contribution is 2.02. The van der Waals surface area contributed by atoms with Gasteiger partial charge in [-0.2, -0.15) is 0 Å². The predicted molar refractivity (Wildman–Crippen MR) is 90.4 cm³/mol. The molecule has 1 unspecified atom stereocenters. The first-order valence-electron chi connectivity index (χ1n) is 7.51. The number of rotatable bonds is 6. The quantitative estimate of drug-likeness (QED) is 0.793. The number of morpholine rings is 1. The van der Waals surface area contributed by atoms with E-state index in [4.69, 9.17) is 4.74 Å². The Morgan fingerprint density at radius 3 is 2.74 bits per heavy atom. The molecule has 2 N–H and O–H groups in total. The minimum absolute atomic E-state index is 0. The molecule has 1 heterocycles. The van der Waals surface area contributed by atoms with Crippen molar-refractivity contribution in [3.63, 3.8) is 0 Å². The number of carbonyl (C=O) groups is 2. The molecule has 128 valence electrons. The molecule has 1 atom stereocenters. The first kappa shape index (κ1) is 19.4. The zero-order chi connectivity index (χ0) is 15.8. The molecule has 0 bridgehead atoms. The number of nitrogens with zero attached hydrogens (tertiary/aromatic N) is 1. The molecule has 0 aromatic heterocycles. The van der Waals surface area contributed by atoms with E-state index < -0.39 is 0 Å². The molecule has 7 heteroatoms. The van der Waals surface area contributed by atoms with Crippen LogP contribution < -0.4 is 10.6 Å². The second-order valence-corrected chi connectivity index (χ2v) is 5.44. The summed E-state index contributed by atoms with van der Waals surface area (Å²) in [6.45, 7) is 2.53. The van der Waals surface area contributed by atoms with Gasteiger partial charge in [-0.25, -0.2) is 0 Å². The van der Waals surface area contributed by atoms with Crippen molar-refractivity contribution in [2.75, 3.05) is 33.4 Å². The van der Waals surface area contributed by atoms with E-state index in [9.17, 15) is 9.59 Å². The lowest BCUT2D eigenvalue weighted by Crippen LogP contribution is -2.46. The van der Waals surface area contributed by atoms with Gasteiger partial charge in [-0.15, -0.1) is 12.4 Å². The van der Waals surface area contributed by atoms with E-state index in [1.807, 2.05) is 30.3 Å². The number of hydrogen-bond acceptors (Lipinski definition) is 4. The zero-order valence-electron chi connectivity index (χ0n) is 13.3. The van der Waals surface area contributed by atoms with E-state index in [1.54, 1.807) is 7.05 Å². The summed E-state index contributed by atoms with van der Waals surface area (Å²) in [4.78, 5) is 25.4. The topological polar surface area (TPSA) is 70.7 Å². The third kappa shape index (κ3) is 6.99. The Kier molecular flexibility index (Phi) is 8.61. The number of nitrogens with one attached hydrogen (secondary N) is 2. The summed E-state index contributed by atoms with van der Waals surface area (Å²) in [5.74, 6) is -0.217. The molecule has 1 fully saturated rings. The Hall–Kier alpha value is -1.63. The van der Waals surface area contributed by atoms with Crippen LogP contribution in [0.15, 0.2) is 30.3 Å². The minimum atomic E-state index is -0.160. The van der Waals surface area contributed by atoms with Crippen molar-refractivity contribution < 1.29 is 14.3 Å². The maximum atomic E-state index is 12.1. The van der Waals surface area contributed by atoms with Crippen LogP contribution in [-0.2, 0) is 20.9 Å². The van der Waals surface area contributed by atoms with Gasteiger partial charge in [0.05, 0.1) is 19.8 Å². The van der Waals surface area contributed by atoms with E-state index in [0.29, 0.717) is 26.2 Å². The van der Waals surface area contributed by atoms with Crippen LogP contribution in [0, 0.1) is 0 Å². The van der Waals surface area contributed by atoms with Crippen LogP contribution in [0.3, 0.4) is 0 Å². The van der Waals surface area contributed by atoms with Gasteiger partial charge in [-0.05, 0) is 5.56 Å². The average molecular weight is 342 g/mol. The van der Waals surface area contributed by atoms with Crippen LogP contribution in [0.2, 0.25) is 0 Å². The van der Waals surface area contributed by atoms with Gasteiger partial charge < -0.3 is 20.3 Å². The van der Waals surface area contributed by atoms with Crippen molar-refractivity contribution >= 4 is 24.2 Å². The van der Waals surface area contributed by atoms with Gasteiger partial charge in [0.2, 0.25) is 11.8 Å². The van der Waals surface area contributed by atoms with Crippen LogP contribution >= 0.6 is 12.4 Å². The lowest BCUT2D eigenvalue weighted by molar-refractivity contribution is -0.135. The largest absolute Gasteiger partial charge is 0.378 e. The molecule has 2 amide bonds. The van der Waals surface area contributed by atoms with Gasteiger partial charge >= 0.3 is 0 Å². The SMILES string of the molecule is CN(CC(=O)NCc1ccccc1)C(=O)CC1COCCN1.Cl. The van der Waals surface area contributed by atoms with Gasteiger partial charge in [0, 0.05) is 32.6 Å². The van der Waals surface area contributed by atoms with Gasteiger partial charge in [0.1, 0.15) is 0 Å². The van der Waals surface area contributed by atoms with Crippen LogP contribution in [-0.4, -0.2) is 56.1 Å². The van der Waals surface area contributed by atoms with Crippen LogP contribution in [0.4, 0.5) is 0 Å². The van der Waals surface area contributed by atoms with Crippen molar-refractivity contribution in [2.45, 2.75) is 19.0 Å². The number of amides is 2. The molecule has 1 saturated heterocycles. The normalized spacial score (nSPS) is 17.0. The summed E-state index contributed by atoms with van der Waals surface area (Å²) < 4.78 is 5.32. The Labute approximate surface area is 143 Å². The maximum Gasteiger partial charge on any atom is 0.239 e. The molecular weight excluding hydrogens is 318 g/mol. The molecule has 1 aliphatic rings. The van der Waals surface area contributed by atoms with Crippen LogP contribution in [0.1, 0.15) is 12.0 Å². The number of benzene rings is 1. The third-order valence-electron chi connectivity index (χ3n) is 3.56. The van der Waals surface area contributed by atoms with Gasteiger partial charge in [-0.3, -0.25) is 9.59 Å². The van der Waals surface area contributed by atoms with Crippen molar-refractivity contribution in [1.82, 2.24) is 15.5 Å². The van der Waals surface area contributed by atoms with Crippen molar-refractivity contribution in [1.29, 1.82) is 0 Å². The second kappa shape index (κ2) is 10.2. The summed E-state index contributed by atoms with van der Waals surface area (Å²) in [6, 6.07) is 9.72. The molecule has 2 rings (SSSR count). The van der Waals surface area contributed by atoms with Crippen molar-refractivity contribution in [3.8, 4) is 0 Å². The number of carbonyl (C=O) groups excluding carboxylic acids is 2. The Morgan fingerprint density at radius 1 is 1.35 bits per heavy atom. The van der Waals surface area contributed by atoms with Gasteiger partial charge in [0.15, 0.2) is 0 Å². The van der Waals surface area contributed by atoms with E-state index in [2.05, 4.69) is 10.6 Å². The fourth-order valence-corrected chi connectivity index (χ4v) is 2.27. The van der Waals surface area contributed by atoms with Crippen LogP contribution in [0.25, 0.3) is 0 Å². The van der Waals surface area contributed by atoms with E-state index in [-0.39, 0.29) is 36.8 Å². The minimum Gasteiger partial charge on any atom is -0.378 e. The highest BCUT2D eigenvalue weighted by Gasteiger charge is 2.20. The van der Waals surface area contributed by atoms with E-state index in [0.717, 1.165) is 12.1 Å². The first-order valence-corrected chi connectivity index (χ1v) is 7.51. The van der Waals surface area contributed by atoms with Crippen molar-refractivity contribution in [2.24, 2.45) is 0 Å². The smallest absolute Gasteiger partial charge is 0.239 e. The predicted octanol–water partition coefficient (Wildman–Crippen LogP) is 0.561. The Bertz CT molecular complexity index is 493. The van der Waals surface area contributed by atoms with E-state index >= 15 is 0 Å². The van der Waals surface area contributed by atoms with E-state index in [1.165, 1.54) is 4.90 Å². The molecule has 23 heavy (non-hydrogen) atoms. The fourth-order valence-electron chi connectivity index (χ4n) is 2.27. The second-order valence-electron chi connectivity index (χ2n) is 5.44. The number of likely N-dealkylation sites (N-methyl/N-ethyl adjacent to an activating group) is 1. The molecule has 6 nitrogen and oxygen atoms in total. The van der Waals surface area contributed by atoms with Crippen molar-refractivity contribution in [3.05, 3.63) is 35.9 Å². The number of halogens is 1. The fraction of sp³-hybridized carbons (Fsp3) is 0.500. The standard InChI is InChI=1S/C16H23N3O3.ClH/c1-19(16(21)9-14-12-22-8-7-17-14)11-15(20)18-10-13-5-3-2-4-6-13;/h2-6,14,17H,7-12H2,1H3,(H,18,20);1H. The van der Waals surface area contributed by atoms with Crippen LogP contribution in [0.5, 0.6) is 0 Å². The molecular formula is C16H24ClN3O3. The highest BCUT2D eigenvalue weighted by molar-refractivity contribution is 5.85. The Morgan fingerprint density at radius 2 is 2.09 bits per heavy atom. The summed E-state index contributed by atoms with van der Waals surface area (Å²) in [7, 11) is 1.65. The first-order chi connectivity index (χ1) is 10.6. The molecule has 0 radical (unpaired) electrons. The zero-order valence-corrected chi connectivity index (χ0v) is 14.1. The maximum absolute atomic E-state index is 12.1. The summed E-state index contributed by atoms with van der Waals surface area (Å²) in [5, 5.41) is 6.05. The monoisotopic (exact) mass is 341 g/mol. The highest BCUT2D eigenvalue weighted by atomic mass is 35.5. The van der Waals surface area contributed by atoms with Gasteiger partial charge in [0.25, 0.3) is 0 Å². The third-order valence-corrected chi connectivity index (χ3v) is 3.56. The summed E-state index contributed by atoms with van der Waals surface area (Å²) in [6.07, 6.45) is 0.350. The summed E-state index contributed by atoms with van der Waals surface area (Å²) in [5.41, 5.74) is 1.04. The molecule has 1 aromatic rings. The molecule has 0 aliphatic carbocycles. The molecule has 0 spiro atoms. The van der Waals surface area contributed by atoms with Gasteiger partial charge in [-0.1, -0.05) is 30.3 Å². The molecule has 0 saturated carbocycles. The Balaban J connectivity index is 0.00000264. The number of hydrogen-bond donors (Lipinski definition) is 2. The number of ether oxygens (including phenoxy) is 1. The molecule has 1 aliphatic heterocycles. The average Bonchev–Trinajstić information content (AvgIpc) is 2.55. The summed E-state index contributed by atoms with van der Waals surface area (Å²) >= 11 is 0.